The average Bonchev–Trinajstić information content (AvgIpc) is 2.87. The molecule has 1 aliphatic rings. The number of carboxylic acids is 1. The molecule has 38 heavy (non-hydrogen) atoms. The Bertz CT molecular complexity index is 1280. The first kappa shape index (κ1) is 28.8. The van der Waals surface area contributed by atoms with Gasteiger partial charge in [0.05, 0.1) is 30.4 Å². The van der Waals surface area contributed by atoms with Gasteiger partial charge in [0.25, 0.3) is 11.8 Å². The molecule has 1 saturated heterocycles. The summed E-state index contributed by atoms with van der Waals surface area (Å²) in [6, 6.07) is 7.38. The summed E-state index contributed by atoms with van der Waals surface area (Å²) in [4.78, 5) is 50.2. The number of nitrogens with one attached hydrogen (secondary N) is 1. The Kier molecular flexibility index (Phi) is 9.93. The summed E-state index contributed by atoms with van der Waals surface area (Å²) in [5.41, 5.74) is 0.762. The number of aliphatic carboxylic acids is 1. The Morgan fingerprint density at radius 1 is 1.05 bits per heavy atom. The van der Waals surface area contributed by atoms with Crippen LogP contribution in [0.25, 0.3) is 6.08 Å². The highest BCUT2D eigenvalue weighted by atomic mass is 127. The lowest BCUT2D eigenvalue weighted by molar-refractivity contribution is -0.139. The van der Waals surface area contributed by atoms with Gasteiger partial charge in [0.2, 0.25) is 0 Å². The minimum atomic E-state index is -1.15. The quantitative estimate of drug-likeness (QED) is 0.203. The Labute approximate surface area is 232 Å². The average molecular weight is 638 g/mol. The fourth-order valence-electron chi connectivity index (χ4n) is 3.53. The number of barbiturate groups is 1. The number of nitrogens with zero attached hydrogens (tertiary/aromatic N) is 1. The lowest BCUT2D eigenvalue weighted by atomic mass is 10.1. The first-order valence-corrected chi connectivity index (χ1v) is 12.8. The van der Waals surface area contributed by atoms with Crippen molar-refractivity contribution in [2.75, 3.05) is 26.9 Å². The minimum Gasteiger partial charge on any atom is -0.493 e. The van der Waals surface area contributed by atoms with E-state index in [9.17, 15) is 19.2 Å². The summed E-state index contributed by atoms with van der Waals surface area (Å²) >= 11 is 1.93. The fourth-order valence-corrected chi connectivity index (χ4v) is 4.32. The Morgan fingerprint density at radius 2 is 1.82 bits per heavy atom. The smallest absolute Gasteiger partial charge is 0.341 e. The molecule has 2 aromatic carbocycles. The van der Waals surface area contributed by atoms with Crippen LogP contribution in [0.2, 0.25) is 0 Å². The summed E-state index contributed by atoms with van der Waals surface area (Å²) < 4.78 is 22.4. The molecule has 0 bridgehead atoms. The second kappa shape index (κ2) is 13.1. The number of urea groups is 1. The van der Waals surface area contributed by atoms with Crippen molar-refractivity contribution >= 4 is 52.5 Å². The van der Waals surface area contributed by atoms with E-state index in [0.717, 1.165) is 11.3 Å². The fraction of sp³-hybridized carbons (Fsp3) is 0.308. The number of amides is 4. The number of carbonyl (C=O) groups is 4. The maximum absolute atomic E-state index is 13.3. The third-order valence-electron chi connectivity index (χ3n) is 5.20. The van der Waals surface area contributed by atoms with Gasteiger partial charge in [0.15, 0.2) is 29.6 Å². The number of carbonyl (C=O) groups excluding carboxylic acids is 3. The van der Waals surface area contributed by atoms with Crippen molar-refractivity contribution < 1.29 is 43.2 Å². The third kappa shape index (κ3) is 6.94. The maximum Gasteiger partial charge on any atom is 0.341 e. The molecule has 0 radical (unpaired) electrons. The Hall–Kier alpha value is -3.81. The molecule has 0 saturated carbocycles. The molecule has 12 heteroatoms. The highest BCUT2D eigenvalue weighted by molar-refractivity contribution is 14.1. The lowest BCUT2D eigenvalue weighted by Crippen LogP contribution is -2.53. The summed E-state index contributed by atoms with van der Waals surface area (Å²) in [7, 11) is 1.38. The van der Waals surface area contributed by atoms with Gasteiger partial charge in [-0.05, 0) is 77.4 Å². The van der Waals surface area contributed by atoms with E-state index >= 15 is 0 Å². The van der Waals surface area contributed by atoms with Crippen LogP contribution in [0.4, 0.5) is 4.79 Å². The van der Waals surface area contributed by atoms with Crippen LogP contribution in [0.15, 0.2) is 35.9 Å². The summed E-state index contributed by atoms with van der Waals surface area (Å²) in [6.45, 7) is 4.06. The van der Waals surface area contributed by atoms with Crippen molar-refractivity contribution in [3.05, 3.63) is 50.6 Å². The van der Waals surface area contributed by atoms with Crippen LogP contribution in [-0.2, 0) is 20.9 Å². The van der Waals surface area contributed by atoms with Gasteiger partial charge in [-0.3, -0.25) is 19.8 Å². The maximum atomic E-state index is 13.3. The molecule has 1 aliphatic heterocycles. The first-order valence-electron chi connectivity index (χ1n) is 11.7. The van der Waals surface area contributed by atoms with Crippen LogP contribution in [0.1, 0.15) is 31.4 Å². The van der Waals surface area contributed by atoms with Crippen molar-refractivity contribution in [2.45, 2.75) is 26.8 Å². The van der Waals surface area contributed by atoms with Crippen molar-refractivity contribution in [3.63, 3.8) is 0 Å². The van der Waals surface area contributed by atoms with Crippen LogP contribution in [0.3, 0.4) is 0 Å². The van der Waals surface area contributed by atoms with Gasteiger partial charge in [-0.15, -0.1) is 0 Å². The van der Waals surface area contributed by atoms with Gasteiger partial charge >= 0.3 is 12.0 Å². The zero-order valence-electron chi connectivity index (χ0n) is 21.0. The monoisotopic (exact) mass is 638 g/mol. The van der Waals surface area contributed by atoms with E-state index in [0.29, 0.717) is 39.4 Å². The molecule has 202 valence electrons. The molecule has 3 rings (SSSR count). The Balaban J connectivity index is 1.89. The van der Waals surface area contributed by atoms with Crippen molar-refractivity contribution in [1.82, 2.24) is 10.2 Å². The second-order valence-electron chi connectivity index (χ2n) is 7.99. The van der Waals surface area contributed by atoms with Crippen LogP contribution in [0.5, 0.6) is 23.0 Å². The highest BCUT2D eigenvalue weighted by Crippen LogP contribution is 2.35. The zero-order chi connectivity index (χ0) is 27.8. The van der Waals surface area contributed by atoms with E-state index in [1.165, 1.54) is 19.3 Å². The number of ether oxygens (including phenoxy) is 4. The van der Waals surface area contributed by atoms with E-state index in [1.54, 1.807) is 24.3 Å². The van der Waals surface area contributed by atoms with E-state index in [4.69, 9.17) is 24.1 Å². The molecule has 11 nitrogen and oxygen atoms in total. The molecule has 0 unspecified atom stereocenters. The molecule has 4 amide bonds. The minimum absolute atomic E-state index is 0.105. The zero-order valence-corrected chi connectivity index (χ0v) is 23.2. The van der Waals surface area contributed by atoms with Crippen LogP contribution in [0, 0.1) is 3.57 Å². The number of halogens is 1. The number of benzene rings is 2. The molecule has 0 aromatic heterocycles. The number of hydrogen-bond donors (Lipinski definition) is 2. The normalized spacial score (nSPS) is 14.4. The van der Waals surface area contributed by atoms with Crippen LogP contribution >= 0.6 is 22.6 Å². The molecular formula is C26H27IN2O9. The molecule has 1 fully saturated rings. The molecule has 0 spiro atoms. The van der Waals surface area contributed by atoms with Crippen molar-refractivity contribution in [1.29, 1.82) is 0 Å². The van der Waals surface area contributed by atoms with Gasteiger partial charge in [-0.1, -0.05) is 13.0 Å². The van der Waals surface area contributed by atoms with Crippen molar-refractivity contribution in [2.24, 2.45) is 0 Å². The summed E-state index contributed by atoms with van der Waals surface area (Å²) in [6.07, 6.45) is 2.15. The predicted molar refractivity (Wildman–Crippen MR) is 144 cm³/mol. The van der Waals surface area contributed by atoms with Gasteiger partial charge in [0, 0.05) is 0 Å². The Morgan fingerprint density at radius 3 is 2.47 bits per heavy atom. The molecule has 0 atom stereocenters. The van der Waals surface area contributed by atoms with E-state index < -0.39 is 30.4 Å². The molecule has 1 heterocycles. The number of imide groups is 2. The number of hydrogen-bond acceptors (Lipinski definition) is 8. The number of methoxy groups -OCH3 is 1. The molecule has 0 aliphatic carbocycles. The molecule has 2 aromatic rings. The lowest BCUT2D eigenvalue weighted by Gasteiger charge is -2.26. The number of rotatable bonds is 12. The van der Waals surface area contributed by atoms with E-state index in [2.05, 4.69) is 5.32 Å². The van der Waals surface area contributed by atoms with E-state index in [1.807, 2.05) is 36.4 Å². The molecular weight excluding hydrogens is 611 g/mol. The van der Waals surface area contributed by atoms with Crippen LogP contribution in [-0.4, -0.2) is 60.8 Å². The van der Waals surface area contributed by atoms with Crippen molar-refractivity contribution in [3.8, 4) is 23.0 Å². The van der Waals surface area contributed by atoms with Gasteiger partial charge in [-0.25, -0.2) is 9.59 Å². The van der Waals surface area contributed by atoms with Gasteiger partial charge in [0.1, 0.15) is 5.57 Å². The van der Waals surface area contributed by atoms with Gasteiger partial charge < -0.3 is 24.1 Å². The van der Waals surface area contributed by atoms with Gasteiger partial charge in [-0.2, -0.15) is 0 Å². The topological polar surface area (TPSA) is 141 Å². The third-order valence-corrected chi connectivity index (χ3v) is 6.00. The standard InChI is InChI=1S/C26H27IN2O9/c1-4-8-37-19-7-6-15(11-20(19)36-5-2)13-29-25(33)17(24(32)28-26(29)34)9-16-10-18(27)23(21(12-16)35-3)38-14-22(30)31/h6-7,9-12H,4-5,8,13-14H2,1-3H3,(H,30,31)(H,28,32,34)/b17-9+. The summed E-state index contributed by atoms with van der Waals surface area (Å²) in [5.74, 6) is -1.29. The largest absolute Gasteiger partial charge is 0.493 e. The highest BCUT2D eigenvalue weighted by Gasteiger charge is 2.36. The number of carboxylic acid groups (broad SMARTS) is 1. The molecule has 2 N–H and O–H groups in total. The second-order valence-corrected chi connectivity index (χ2v) is 9.15. The van der Waals surface area contributed by atoms with E-state index in [-0.39, 0.29) is 23.6 Å². The predicted octanol–water partition coefficient (Wildman–Crippen LogP) is 3.61. The van der Waals surface area contributed by atoms with Crippen LogP contribution < -0.4 is 24.3 Å². The SMILES string of the molecule is CCCOc1ccc(CN2C(=O)NC(=O)/C(=C\c3cc(I)c(OCC(=O)O)c(OC)c3)C2=O)cc1OCC. The first-order chi connectivity index (χ1) is 18.2. The summed E-state index contributed by atoms with van der Waals surface area (Å²) in [5, 5.41) is 11.1.